The second-order valence-electron chi connectivity index (χ2n) is 6.72. The molecule has 2 aromatic rings. The van der Waals surface area contributed by atoms with Gasteiger partial charge in [-0.1, -0.05) is 43.6 Å². The Morgan fingerprint density at radius 1 is 1.15 bits per heavy atom. The minimum Gasteiger partial charge on any atom is -0.464 e. The number of rotatable bonds is 8. The van der Waals surface area contributed by atoms with E-state index in [4.69, 9.17) is 16.3 Å². The van der Waals surface area contributed by atoms with Gasteiger partial charge in [-0.25, -0.2) is 4.79 Å². The number of aromatic nitrogens is 1. The minimum absolute atomic E-state index is 0.109. The number of hydrogen-bond donors (Lipinski definition) is 1. The zero-order chi connectivity index (χ0) is 19.8. The summed E-state index contributed by atoms with van der Waals surface area (Å²) >= 11 is 6.05. The molecule has 1 amide bonds. The van der Waals surface area contributed by atoms with Crippen LogP contribution in [0.5, 0.6) is 0 Å². The number of carbonyl (C=O) groups is 2. The lowest BCUT2D eigenvalue weighted by atomic mass is 10.0. The first kappa shape index (κ1) is 20.9. The molecule has 0 saturated carbocycles. The SMILES string of the molecule is Cc1cccc(CCCOC(=O)C(NC(=O)c2ccccc2Cl)C(C)C)n1. The average Bonchev–Trinajstić information content (AvgIpc) is 2.63. The van der Waals surface area contributed by atoms with Gasteiger partial charge < -0.3 is 10.1 Å². The van der Waals surface area contributed by atoms with Crippen LogP contribution in [0.25, 0.3) is 0 Å². The Hall–Kier alpha value is -2.40. The number of ether oxygens (including phenoxy) is 1. The van der Waals surface area contributed by atoms with E-state index in [-0.39, 0.29) is 18.4 Å². The summed E-state index contributed by atoms with van der Waals surface area (Å²) in [5.41, 5.74) is 2.27. The van der Waals surface area contributed by atoms with E-state index >= 15 is 0 Å². The van der Waals surface area contributed by atoms with Crippen LogP contribution in [-0.2, 0) is 16.0 Å². The van der Waals surface area contributed by atoms with Crippen molar-refractivity contribution in [3.05, 3.63) is 64.4 Å². The molecule has 144 valence electrons. The number of halogens is 1. The summed E-state index contributed by atoms with van der Waals surface area (Å²) in [4.78, 5) is 29.3. The Morgan fingerprint density at radius 3 is 2.56 bits per heavy atom. The molecule has 0 aliphatic carbocycles. The fourth-order valence-electron chi connectivity index (χ4n) is 2.62. The summed E-state index contributed by atoms with van der Waals surface area (Å²) in [5, 5.41) is 3.07. The van der Waals surface area contributed by atoms with Crippen LogP contribution >= 0.6 is 11.6 Å². The number of nitrogens with one attached hydrogen (secondary N) is 1. The van der Waals surface area contributed by atoms with Crippen LogP contribution < -0.4 is 5.32 Å². The van der Waals surface area contributed by atoms with Gasteiger partial charge in [-0.3, -0.25) is 9.78 Å². The standard InChI is InChI=1S/C21H25ClN2O3/c1-14(2)19(24-20(25)17-11-4-5-12-18(17)22)21(26)27-13-7-10-16-9-6-8-15(3)23-16/h4-6,8-9,11-12,14,19H,7,10,13H2,1-3H3,(H,24,25). The molecule has 0 aliphatic rings. The van der Waals surface area contributed by atoms with Gasteiger partial charge in [0.15, 0.2) is 0 Å². The fourth-order valence-corrected chi connectivity index (χ4v) is 2.84. The van der Waals surface area contributed by atoms with Crippen LogP contribution in [0, 0.1) is 12.8 Å². The first-order chi connectivity index (χ1) is 12.9. The highest BCUT2D eigenvalue weighted by Crippen LogP contribution is 2.16. The van der Waals surface area contributed by atoms with E-state index in [0.29, 0.717) is 17.0 Å². The summed E-state index contributed by atoms with van der Waals surface area (Å²) in [7, 11) is 0. The normalized spacial score (nSPS) is 11.9. The molecule has 0 bridgehead atoms. The van der Waals surface area contributed by atoms with Crippen LogP contribution in [0.4, 0.5) is 0 Å². The van der Waals surface area contributed by atoms with Gasteiger partial charge in [-0.15, -0.1) is 0 Å². The molecule has 1 atom stereocenters. The highest BCUT2D eigenvalue weighted by Gasteiger charge is 2.26. The molecular weight excluding hydrogens is 364 g/mol. The van der Waals surface area contributed by atoms with Gasteiger partial charge in [0.1, 0.15) is 6.04 Å². The van der Waals surface area contributed by atoms with Gasteiger partial charge in [0.05, 0.1) is 17.2 Å². The lowest BCUT2D eigenvalue weighted by molar-refractivity contribution is -0.147. The number of esters is 1. The van der Waals surface area contributed by atoms with E-state index in [1.165, 1.54) is 0 Å². The van der Waals surface area contributed by atoms with Crippen molar-refractivity contribution in [1.82, 2.24) is 10.3 Å². The van der Waals surface area contributed by atoms with Gasteiger partial charge in [0, 0.05) is 11.4 Å². The maximum atomic E-state index is 12.4. The molecule has 1 N–H and O–H groups in total. The molecule has 0 aliphatic heterocycles. The molecule has 0 spiro atoms. The zero-order valence-electron chi connectivity index (χ0n) is 15.9. The molecule has 27 heavy (non-hydrogen) atoms. The summed E-state index contributed by atoms with van der Waals surface area (Å²) < 4.78 is 5.37. The first-order valence-corrected chi connectivity index (χ1v) is 9.41. The lowest BCUT2D eigenvalue weighted by Crippen LogP contribution is -2.45. The minimum atomic E-state index is -0.731. The van der Waals surface area contributed by atoms with Crippen molar-refractivity contribution in [1.29, 1.82) is 0 Å². The first-order valence-electron chi connectivity index (χ1n) is 9.03. The Balaban J connectivity index is 1.87. The number of aryl methyl sites for hydroxylation is 2. The summed E-state index contributed by atoms with van der Waals surface area (Å²) in [6.07, 6.45) is 1.40. The van der Waals surface area contributed by atoms with E-state index in [1.54, 1.807) is 24.3 Å². The Bertz CT molecular complexity index is 793. The largest absolute Gasteiger partial charge is 0.464 e. The Labute approximate surface area is 165 Å². The van der Waals surface area contributed by atoms with Crippen molar-refractivity contribution in [2.75, 3.05) is 6.61 Å². The number of nitrogens with zero attached hydrogens (tertiary/aromatic N) is 1. The topological polar surface area (TPSA) is 68.3 Å². The van der Waals surface area contributed by atoms with E-state index in [0.717, 1.165) is 17.8 Å². The van der Waals surface area contributed by atoms with E-state index in [9.17, 15) is 9.59 Å². The van der Waals surface area contributed by atoms with E-state index in [2.05, 4.69) is 10.3 Å². The summed E-state index contributed by atoms with van der Waals surface area (Å²) in [6.45, 7) is 5.93. The van der Waals surface area contributed by atoms with Gasteiger partial charge in [0.2, 0.25) is 0 Å². The molecule has 5 nitrogen and oxygen atoms in total. The Morgan fingerprint density at radius 2 is 1.89 bits per heavy atom. The Kier molecular flexibility index (Phi) is 7.80. The van der Waals surface area contributed by atoms with Crippen molar-refractivity contribution in [3.8, 4) is 0 Å². The van der Waals surface area contributed by atoms with Crippen LogP contribution in [0.15, 0.2) is 42.5 Å². The van der Waals surface area contributed by atoms with E-state index in [1.807, 2.05) is 39.0 Å². The monoisotopic (exact) mass is 388 g/mol. The molecule has 1 unspecified atom stereocenters. The number of pyridine rings is 1. The van der Waals surface area contributed by atoms with Crippen LogP contribution in [0.3, 0.4) is 0 Å². The summed E-state index contributed by atoms with van der Waals surface area (Å²) in [6, 6.07) is 11.9. The molecule has 1 heterocycles. The third-order valence-electron chi connectivity index (χ3n) is 4.09. The molecule has 1 aromatic heterocycles. The fraction of sp³-hybridized carbons (Fsp3) is 0.381. The summed E-state index contributed by atoms with van der Waals surface area (Å²) in [5.74, 6) is -0.940. The zero-order valence-corrected chi connectivity index (χ0v) is 16.6. The van der Waals surface area contributed by atoms with Gasteiger partial charge in [-0.05, 0) is 49.9 Å². The van der Waals surface area contributed by atoms with Crippen molar-refractivity contribution in [3.63, 3.8) is 0 Å². The predicted octanol–water partition coefficient (Wildman–Crippen LogP) is 3.97. The van der Waals surface area contributed by atoms with Crippen LogP contribution in [0.1, 0.15) is 42.0 Å². The van der Waals surface area contributed by atoms with Crippen molar-refractivity contribution >= 4 is 23.5 Å². The smallest absolute Gasteiger partial charge is 0.328 e. The van der Waals surface area contributed by atoms with Crippen LogP contribution in [-0.4, -0.2) is 29.5 Å². The highest BCUT2D eigenvalue weighted by atomic mass is 35.5. The van der Waals surface area contributed by atoms with Gasteiger partial charge >= 0.3 is 5.97 Å². The molecule has 2 rings (SSSR count). The van der Waals surface area contributed by atoms with Gasteiger partial charge in [-0.2, -0.15) is 0 Å². The molecule has 0 radical (unpaired) electrons. The third kappa shape index (κ3) is 6.36. The number of benzene rings is 1. The van der Waals surface area contributed by atoms with Gasteiger partial charge in [0.25, 0.3) is 5.91 Å². The van der Waals surface area contributed by atoms with Crippen molar-refractivity contribution in [2.24, 2.45) is 5.92 Å². The molecule has 0 fully saturated rings. The molecule has 0 saturated heterocycles. The number of amides is 1. The second-order valence-corrected chi connectivity index (χ2v) is 7.12. The van der Waals surface area contributed by atoms with Crippen molar-refractivity contribution in [2.45, 2.75) is 39.7 Å². The maximum absolute atomic E-state index is 12.4. The third-order valence-corrected chi connectivity index (χ3v) is 4.42. The molecule has 1 aromatic carbocycles. The molecular formula is C21H25ClN2O3. The average molecular weight is 389 g/mol. The highest BCUT2D eigenvalue weighted by molar-refractivity contribution is 6.33. The van der Waals surface area contributed by atoms with Crippen molar-refractivity contribution < 1.29 is 14.3 Å². The second kappa shape index (κ2) is 10.1. The molecule has 6 heteroatoms. The van der Waals surface area contributed by atoms with Crippen LogP contribution in [0.2, 0.25) is 5.02 Å². The lowest BCUT2D eigenvalue weighted by Gasteiger charge is -2.21. The predicted molar refractivity (Wildman–Crippen MR) is 106 cm³/mol. The van der Waals surface area contributed by atoms with E-state index < -0.39 is 12.0 Å². The maximum Gasteiger partial charge on any atom is 0.328 e. The quantitative estimate of drug-likeness (QED) is 0.548. The number of hydrogen-bond acceptors (Lipinski definition) is 4. The number of carbonyl (C=O) groups excluding carboxylic acids is 2.